The topological polar surface area (TPSA) is 71.7 Å². The van der Waals surface area contributed by atoms with Gasteiger partial charge in [0, 0.05) is 42.9 Å². The first-order chi connectivity index (χ1) is 18.4. The molecule has 0 saturated carbocycles. The molecule has 6 heteroatoms. The molecule has 2 aromatic carbocycles. The Hall–Kier alpha value is -3.38. The van der Waals surface area contributed by atoms with E-state index < -0.39 is 0 Å². The molecule has 2 aliphatic rings. The Kier molecular flexibility index (Phi) is 7.98. The van der Waals surface area contributed by atoms with E-state index >= 15 is 0 Å². The van der Waals surface area contributed by atoms with Gasteiger partial charge >= 0.3 is 0 Å². The van der Waals surface area contributed by atoms with Crippen LogP contribution in [0.4, 0.5) is 5.82 Å². The monoisotopic (exact) mass is 512 g/mol. The fourth-order valence-electron chi connectivity index (χ4n) is 6.12. The predicted molar refractivity (Wildman–Crippen MR) is 154 cm³/mol. The summed E-state index contributed by atoms with van der Waals surface area (Å²) in [4.78, 5) is 22.1. The number of anilines is 1. The molecule has 0 atom stereocenters. The standard InChI is InChI=1S/C32H40N4O2/c1-22-18-23(2)29(24(3)19-22)12-17-38-30-20-27(21-34-31(30)33)25-6-8-26(9-7-25)32(37)36-15-10-28(11-16-36)35-13-4-5-14-35/h6-9,18-21,28H,4-5,10-17H2,1-3H3,(H2,33,34). The van der Waals surface area contributed by atoms with Gasteiger partial charge in [0.25, 0.3) is 5.91 Å². The Morgan fingerprint density at radius 2 is 1.61 bits per heavy atom. The van der Waals surface area contributed by atoms with Gasteiger partial charge in [0.1, 0.15) is 0 Å². The van der Waals surface area contributed by atoms with Crippen LogP contribution in [0.25, 0.3) is 11.1 Å². The summed E-state index contributed by atoms with van der Waals surface area (Å²) in [5.74, 6) is 1.10. The Balaban J connectivity index is 1.20. The molecule has 0 radical (unpaired) electrons. The smallest absolute Gasteiger partial charge is 0.253 e. The van der Waals surface area contributed by atoms with Gasteiger partial charge in [0.15, 0.2) is 11.6 Å². The maximum atomic E-state index is 13.1. The zero-order valence-electron chi connectivity index (χ0n) is 23.0. The zero-order chi connectivity index (χ0) is 26.6. The van der Waals surface area contributed by atoms with E-state index in [9.17, 15) is 4.79 Å². The van der Waals surface area contributed by atoms with E-state index in [1.807, 2.05) is 35.2 Å². The number of benzene rings is 2. The average Bonchev–Trinajstić information content (AvgIpc) is 3.46. The third kappa shape index (κ3) is 5.86. The average molecular weight is 513 g/mol. The Bertz CT molecular complexity index is 1250. The molecule has 3 aromatic rings. The van der Waals surface area contributed by atoms with Gasteiger partial charge in [-0.25, -0.2) is 4.98 Å². The van der Waals surface area contributed by atoms with E-state index in [2.05, 4.69) is 42.8 Å². The first-order valence-electron chi connectivity index (χ1n) is 14.0. The van der Waals surface area contributed by atoms with Crippen molar-refractivity contribution in [3.8, 4) is 16.9 Å². The van der Waals surface area contributed by atoms with Crippen molar-refractivity contribution in [2.24, 2.45) is 0 Å². The van der Waals surface area contributed by atoms with Crippen LogP contribution in [0.2, 0.25) is 0 Å². The second kappa shape index (κ2) is 11.6. The lowest BCUT2D eigenvalue weighted by Crippen LogP contribution is -2.45. The molecule has 6 nitrogen and oxygen atoms in total. The fourth-order valence-corrected chi connectivity index (χ4v) is 6.12. The molecule has 0 bridgehead atoms. The normalized spacial score (nSPS) is 16.7. The quantitative estimate of drug-likeness (QED) is 0.448. The maximum absolute atomic E-state index is 13.1. The third-order valence-electron chi connectivity index (χ3n) is 8.21. The van der Waals surface area contributed by atoms with Crippen molar-refractivity contribution in [3.63, 3.8) is 0 Å². The van der Waals surface area contributed by atoms with Crippen LogP contribution in [-0.4, -0.2) is 59.5 Å². The molecule has 38 heavy (non-hydrogen) atoms. The van der Waals surface area contributed by atoms with Crippen molar-refractivity contribution >= 4 is 11.7 Å². The lowest BCUT2D eigenvalue weighted by molar-refractivity contribution is 0.0644. The van der Waals surface area contributed by atoms with Gasteiger partial charge in [-0.3, -0.25) is 4.79 Å². The molecule has 5 rings (SSSR count). The van der Waals surface area contributed by atoms with Crippen LogP contribution < -0.4 is 10.5 Å². The number of nitrogen functional groups attached to an aromatic ring is 1. The summed E-state index contributed by atoms with van der Waals surface area (Å²) in [6, 6.07) is 14.8. The largest absolute Gasteiger partial charge is 0.489 e. The molecule has 2 saturated heterocycles. The van der Waals surface area contributed by atoms with Gasteiger partial charge in [0.2, 0.25) is 0 Å². The van der Waals surface area contributed by atoms with Crippen LogP contribution in [-0.2, 0) is 6.42 Å². The number of aryl methyl sites for hydroxylation is 3. The summed E-state index contributed by atoms with van der Waals surface area (Å²) >= 11 is 0. The minimum Gasteiger partial charge on any atom is -0.489 e. The van der Waals surface area contributed by atoms with Crippen molar-refractivity contribution in [2.75, 3.05) is 38.5 Å². The lowest BCUT2D eigenvalue weighted by Gasteiger charge is -2.36. The molecule has 2 aliphatic heterocycles. The van der Waals surface area contributed by atoms with Crippen LogP contribution in [0.15, 0.2) is 48.7 Å². The number of nitrogens with two attached hydrogens (primary N) is 1. The van der Waals surface area contributed by atoms with Gasteiger partial charge in [-0.2, -0.15) is 0 Å². The van der Waals surface area contributed by atoms with Gasteiger partial charge < -0.3 is 20.3 Å². The van der Waals surface area contributed by atoms with Gasteiger partial charge in [-0.1, -0.05) is 29.8 Å². The van der Waals surface area contributed by atoms with Gasteiger partial charge in [-0.05, 0) is 100.0 Å². The van der Waals surface area contributed by atoms with Gasteiger partial charge in [-0.15, -0.1) is 0 Å². The number of aromatic nitrogens is 1. The highest BCUT2D eigenvalue weighted by Crippen LogP contribution is 2.28. The van der Waals surface area contributed by atoms with Crippen molar-refractivity contribution in [1.29, 1.82) is 0 Å². The maximum Gasteiger partial charge on any atom is 0.253 e. The van der Waals surface area contributed by atoms with Crippen molar-refractivity contribution in [3.05, 3.63) is 76.5 Å². The molecule has 2 fully saturated rings. The summed E-state index contributed by atoms with van der Waals surface area (Å²) in [7, 11) is 0. The Morgan fingerprint density at radius 3 is 2.26 bits per heavy atom. The first-order valence-corrected chi connectivity index (χ1v) is 14.0. The minimum atomic E-state index is 0.123. The molecule has 2 N–H and O–H groups in total. The van der Waals surface area contributed by atoms with Crippen LogP contribution in [0.1, 0.15) is 58.3 Å². The fraction of sp³-hybridized carbons (Fsp3) is 0.438. The summed E-state index contributed by atoms with van der Waals surface area (Å²) in [6.07, 6.45) is 7.36. The number of hydrogen-bond acceptors (Lipinski definition) is 5. The summed E-state index contributed by atoms with van der Waals surface area (Å²) in [6.45, 7) is 11.1. The number of nitrogens with zero attached hydrogens (tertiary/aromatic N) is 3. The van der Waals surface area contributed by atoms with Gasteiger partial charge in [0.05, 0.1) is 6.61 Å². The van der Waals surface area contributed by atoms with E-state index in [0.717, 1.165) is 49.0 Å². The van der Waals surface area contributed by atoms with Crippen LogP contribution >= 0.6 is 0 Å². The van der Waals surface area contributed by atoms with E-state index in [4.69, 9.17) is 10.5 Å². The number of amides is 1. The number of piperidine rings is 1. The molecule has 1 aromatic heterocycles. The zero-order valence-corrected chi connectivity index (χ0v) is 23.0. The SMILES string of the molecule is Cc1cc(C)c(CCOc2cc(-c3ccc(C(=O)N4CCC(N5CCCC5)CC4)cc3)cnc2N)c(C)c1. The van der Waals surface area contributed by atoms with Crippen LogP contribution in [0.3, 0.4) is 0 Å². The summed E-state index contributed by atoms with van der Waals surface area (Å²) in [5.41, 5.74) is 13.9. The number of hydrogen-bond donors (Lipinski definition) is 1. The van der Waals surface area contributed by atoms with E-state index in [-0.39, 0.29) is 5.91 Å². The number of carbonyl (C=O) groups is 1. The highest BCUT2D eigenvalue weighted by atomic mass is 16.5. The molecule has 0 spiro atoms. The molecule has 0 aliphatic carbocycles. The minimum absolute atomic E-state index is 0.123. The Labute approximate surface area is 226 Å². The van der Waals surface area contributed by atoms with Crippen molar-refractivity contribution in [2.45, 2.75) is 58.9 Å². The number of likely N-dealkylation sites (tertiary alicyclic amines) is 2. The number of rotatable bonds is 7. The van der Waals surface area contributed by atoms with Crippen molar-refractivity contribution in [1.82, 2.24) is 14.8 Å². The molecular weight excluding hydrogens is 472 g/mol. The van der Waals surface area contributed by atoms with E-state index in [1.165, 1.54) is 48.2 Å². The highest BCUT2D eigenvalue weighted by molar-refractivity contribution is 5.94. The Morgan fingerprint density at radius 1 is 0.947 bits per heavy atom. The second-order valence-corrected chi connectivity index (χ2v) is 10.9. The summed E-state index contributed by atoms with van der Waals surface area (Å²) in [5, 5.41) is 0. The first kappa shape index (κ1) is 26.2. The van der Waals surface area contributed by atoms with E-state index in [1.54, 1.807) is 6.20 Å². The number of ether oxygens (including phenoxy) is 1. The lowest BCUT2D eigenvalue weighted by atomic mass is 9.98. The molecule has 3 heterocycles. The third-order valence-corrected chi connectivity index (χ3v) is 8.21. The van der Waals surface area contributed by atoms with E-state index in [0.29, 0.717) is 24.2 Å². The van der Waals surface area contributed by atoms with Crippen molar-refractivity contribution < 1.29 is 9.53 Å². The number of pyridine rings is 1. The summed E-state index contributed by atoms with van der Waals surface area (Å²) < 4.78 is 6.08. The predicted octanol–water partition coefficient (Wildman–Crippen LogP) is 5.58. The second-order valence-electron chi connectivity index (χ2n) is 10.9. The molecule has 200 valence electrons. The number of carbonyl (C=O) groups excluding carboxylic acids is 1. The molecule has 1 amide bonds. The van der Waals surface area contributed by atoms with Crippen LogP contribution in [0, 0.1) is 20.8 Å². The van der Waals surface area contributed by atoms with Crippen LogP contribution in [0.5, 0.6) is 5.75 Å². The molecule has 0 unspecified atom stereocenters. The highest BCUT2D eigenvalue weighted by Gasteiger charge is 2.28. The molecular formula is C32H40N4O2.